The Bertz CT molecular complexity index is 734. The van der Waals surface area contributed by atoms with Crippen LogP contribution in [0.2, 0.25) is 0 Å². The molecule has 0 bridgehead atoms. The van der Waals surface area contributed by atoms with Crippen LogP contribution in [0.1, 0.15) is 11.7 Å². The first kappa shape index (κ1) is 17.0. The van der Waals surface area contributed by atoms with Crippen molar-refractivity contribution in [3.63, 3.8) is 0 Å². The first-order chi connectivity index (χ1) is 11.6. The SMILES string of the molecule is O=S(=O)(CCN1CCO[C@@H](c2ccccc2)C1)Oc1ccccc1. The topological polar surface area (TPSA) is 55.8 Å². The van der Waals surface area contributed by atoms with Gasteiger partial charge in [0.15, 0.2) is 0 Å². The first-order valence-corrected chi connectivity index (χ1v) is 9.56. The van der Waals surface area contributed by atoms with Crippen LogP contribution in [0.4, 0.5) is 0 Å². The summed E-state index contributed by atoms with van der Waals surface area (Å²) in [4.78, 5) is 2.10. The van der Waals surface area contributed by atoms with E-state index in [1.807, 2.05) is 36.4 Å². The van der Waals surface area contributed by atoms with Crippen LogP contribution >= 0.6 is 0 Å². The molecule has 1 fully saturated rings. The molecule has 0 N–H and O–H groups in total. The molecule has 2 aromatic carbocycles. The smallest absolute Gasteiger partial charge is 0.310 e. The van der Waals surface area contributed by atoms with Crippen molar-refractivity contribution in [3.8, 4) is 5.75 Å². The van der Waals surface area contributed by atoms with Gasteiger partial charge in [0.2, 0.25) is 0 Å². The number of hydrogen-bond donors (Lipinski definition) is 0. The summed E-state index contributed by atoms with van der Waals surface area (Å²) in [6, 6.07) is 18.6. The Balaban J connectivity index is 1.54. The summed E-state index contributed by atoms with van der Waals surface area (Å²) in [6.45, 7) is 2.44. The molecule has 1 aliphatic heterocycles. The van der Waals surface area contributed by atoms with Gasteiger partial charge >= 0.3 is 10.1 Å². The summed E-state index contributed by atoms with van der Waals surface area (Å²) < 4.78 is 35.1. The van der Waals surface area contributed by atoms with Crippen molar-refractivity contribution in [2.24, 2.45) is 0 Å². The zero-order chi connectivity index (χ0) is 16.8. The van der Waals surface area contributed by atoms with Gasteiger partial charge in [-0.3, -0.25) is 4.90 Å². The number of nitrogens with zero attached hydrogens (tertiary/aromatic N) is 1. The van der Waals surface area contributed by atoms with E-state index in [4.69, 9.17) is 8.92 Å². The van der Waals surface area contributed by atoms with E-state index in [1.165, 1.54) is 0 Å². The van der Waals surface area contributed by atoms with E-state index in [0.717, 1.165) is 12.1 Å². The summed E-state index contributed by atoms with van der Waals surface area (Å²) in [7, 11) is -3.60. The standard InChI is InChI=1S/C18H21NO4S/c20-24(21,23-17-9-5-2-6-10-17)14-12-19-11-13-22-18(15-19)16-7-3-1-4-8-16/h1-10,18H,11-15H2/t18-/m1/s1. The predicted octanol–water partition coefficient (Wildman–Crippen LogP) is 2.47. The van der Waals surface area contributed by atoms with Crippen LogP contribution in [0.3, 0.4) is 0 Å². The van der Waals surface area contributed by atoms with Crippen LogP contribution in [0.25, 0.3) is 0 Å². The number of morpholine rings is 1. The second-order valence-electron chi connectivity index (χ2n) is 5.73. The van der Waals surface area contributed by atoms with Crippen molar-refractivity contribution in [2.75, 3.05) is 32.0 Å². The molecule has 0 unspecified atom stereocenters. The molecule has 24 heavy (non-hydrogen) atoms. The molecular weight excluding hydrogens is 326 g/mol. The normalized spacial score (nSPS) is 19.1. The lowest BCUT2D eigenvalue weighted by Gasteiger charge is -2.32. The number of hydrogen-bond acceptors (Lipinski definition) is 5. The molecule has 0 radical (unpaired) electrons. The van der Waals surface area contributed by atoms with Gasteiger partial charge in [-0.05, 0) is 17.7 Å². The van der Waals surface area contributed by atoms with Crippen LogP contribution in [0, 0.1) is 0 Å². The minimum atomic E-state index is -3.60. The Kier molecular flexibility index (Phi) is 5.50. The monoisotopic (exact) mass is 347 g/mol. The van der Waals surface area contributed by atoms with Gasteiger partial charge in [0.25, 0.3) is 0 Å². The molecule has 6 heteroatoms. The van der Waals surface area contributed by atoms with E-state index in [2.05, 4.69) is 4.90 Å². The molecule has 3 rings (SSSR count). The Morgan fingerprint density at radius 3 is 2.42 bits per heavy atom. The Hall–Kier alpha value is -1.89. The third kappa shape index (κ3) is 4.80. The highest BCUT2D eigenvalue weighted by atomic mass is 32.2. The molecular formula is C18H21NO4S. The summed E-state index contributed by atoms with van der Waals surface area (Å²) in [5.41, 5.74) is 1.12. The average molecular weight is 347 g/mol. The second-order valence-corrected chi connectivity index (χ2v) is 7.42. The van der Waals surface area contributed by atoms with E-state index in [0.29, 0.717) is 25.4 Å². The number of para-hydroxylation sites is 1. The molecule has 5 nitrogen and oxygen atoms in total. The van der Waals surface area contributed by atoms with Crippen molar-refractivity contribution in [2.45, 2.75) is 6.10 Å². The van der Waals surface area contributed by atoms with Gasteiger partial charge in [-0.1, -0.05) is 48.5 Å². The Morgan fingerprint density at radius 1 is 1.04 bits per heavy atom. The van der Waals surface area contributed by atoms with Crippen molar-refractivity contribution < 1.29 is 17.3 Å². The summed E-state index contributed by atoms with van der Waals surface area (Å²) in [5, 5.41) is 0. The van der Waals surface area contributed by atoms with Crippen LogP contribution in [0.5, 0.6) is 5.75 Å². The molecule has 1 saturated heterocycles. The molecule has 2 aromatic rings. The fourth-order valence-electron chi connectivity index (χ4n) is 2.68. The minimum Gasteiger partial charge on any atom is -0.382 e. The van der Waals surface area contributed by atoms with E-state index < -0.39 is 10.1 Å². The lowest BCUT2D eigenvalue weighted by Crippen LogP contribution is -2.41. The maximum Gasteiger partial charge on any atom is 0.310 e. The van der Waals surface area contributed by atoms with Gasteiger partial charge in [-0.15, -0.1) is 0 Å². The van der Waals surface area contributed by atoms with Crippen LogP contribution in [-0.2, 0) is 14.9 Å². The second kappa shape index (κ2) is 7.79. The average Bonchev–Trinajstić information content (AvgIpc) is 2.62. The molecule has 1 heterocycles. The van der Waals surface area contributed by atoms with E-state index >= 15 is 0 Å². The first-order valence-electron chi connectivity index (χ1n) is 7.98. The largest absolute Gasteiger partial charge is 0.382 e. The molecule has 0 spiro atoms. The van der Waals surface area contributed by atoms with Gasteiger partial charge in [-0.25, -0.2) is 0 Å². The molecule has 0 aliphatic carbocycles. The number of rotatable bonds is 6. The van der Waals surface area contributed by atoms with Crippen LogP contribution < -0.4 is 4.18 Å². The van der Waals surface area contributed by atoms with Crippen LogP contribution in [-0.4, -0.2) is 45.3 Å². The molecule has 0 aromatic heterocycles. The zero-order valence-electron chi connectivity index (χ0n) is 13.4. The van der Waals surface area contributed by atoms with Crippen molar-refractivity contribution in [1.29, 1.82) is 0 Å². The quantitative estimate of drug-likeness (QED) is 0.752. The van der Waals surface area contributed by atoms with Crippen molar-refractivity contribution in [1.82, 2.24) is 4.90 Å². The summed E-state index contributed by atoms with van der Waals surface area (Å²) in [5.74, 6) is 0.310. The number of ether oxygens (including phenoxy) is 1. The van der Waals surface area contributed by atoms with Gasteiger partial charge in [0, 0.05) is 19.6 Å². The summed E-state index contributed by atoms with van der Waals surface area (Å²) in [6.07, 6.45) is -0.0160. The van der Waals surface area contributed by atoms with Gasteiger partial charge in [0.05, 0.1) is 18.5 Å². The Labute approximate surface area is 142 Å². The lowest BCUT2D eigenvalue weighted by molar-refractivity contribution is -0.0279. The molecule has 1 aliphatic rings. The fraction of sp³-hybridized carbons (Fsp3) is 0.333. The number of benzene rings is 2. The van der Waals surface area contributed by atoms with Crippen LogP contribution in [0.15, 0.2) is 60.7 Å². The van der Waals surface area contributed by atoms with Gasteiger partial charge < -0.3 is 8.92 Å². The molecule has 0 saturated carbocycles. The lowest BCUT2D eigenvalue weighted by atomic mass is 10.1. The zero-order valence-corrected chi connectivity index (χ0v) is 14.2. The van der Waals surface area contributed by atoms with Gasteiger partial charge in [-0.2, -0.15) is 8.42 Å². The van der Waals surface area contributed by atoms with E-state index in [9.17, 15) is 8.42 Å². The highest BCUT2D eigenvalue weighted by molar-refractivity contribution is 7.87. The molecule has 1 atom stereocenters. The molecule has 128 valence electrons. The maximum absolute atomic E-state index is 12.1. The highest BCUT2D eigenvalue weighted by Gasteiger charge is 2.23. The summed E-state index contributed by atoms with van der Waals surface area (Å²) >= 11 is 0. The van der Waals surface area contributed by atoms with Gasteiger partial charge in [0.1, 0.15) is 5.75 Å². The fourth-order valence-corrected chi connectivity index (χ4v) is 3.65. The highest BCUT2D eigenvalue weighted by Crippen LogP contribution is 2.22. The molecule has 0 amide bonds. The maximum atomic E-state index is 12.1. The Morgan fingerprint density at radius 2 is 1.71 bits per heavy atom. The van der Waals surface area contributed by atoms with E-state index in [1.54, 1.807) is 24.3 Å². The third-order valence-electron chi connectivity index (χ3n) is 3.95. The third-order valence-corrected chi connectivity index (χ3v) is 5.07. The van der Waals surface area contributed by atoms with E-state index in [-0.39, 0.29) is 11.9 Å². The minimum absolute atomic E-state index is 0.0160. The predicted molar refractivity (Wildman–Crippen MR) is 92.4 cm³/mol. The van der Waals surface area contributed by atoms with Crippen molar-refractivity contribution in [3.05, 3.63) is 66.2 Å². The van der Waals surface area contributed by atoms with Crippen molar-refractivity contribution >= 4 is 10.1 Å².